The van der Waals surface area contributed by atoms with Gasteiger partial charge in [-0.15, -0.1) is 0 Å². The van der Waals surface area contributed by atoms with E-state index in [9.17, 15) is 14.4 Å². The molecule has 15 heteroatoms. The zero-order valence-electron chi connectivity index (χ0n) is 39.9. The molecular weight excluding hydrogens is 907 g/mol. The molecule has 15 nitrogen and oxygen atoms in total. The van der Waals surface area contributed by atoms with E-state index in [0.717, 1.165) is 33.4 Å². The van der Waals surface area contributed by atoms with Gasteiger partial charge in [0.25, 0.3) is 0 Å². The molecule has 0 aliphatic heterocycles. The molecular formula is C57H51N9O6. The predicted octanol–water partition coefficient (Wildman–Crippen LogP) is 12.7. The molecule has 0 atom stereocenters. The number of nitrogens with zero attached hydrogens (tertiary/aromatic N) is 3. The average Bonchev–Trinajstić information content (AvgIpc) is 3.39. The van der Waals surface area contributed by atoms with E-state index in [2.05, 4.69) is 70.9 Å². The highest BCUT2D eigenvalue weighted by atomic mass is 16.5. The van der Waals surface area contributed by atoms with Gasteiger partial charge in [0.2, 0.25) is 0 Å². The fraction of sp³-hybridized carbons (Fsp3) is 0.158. The lowest BCUT2D eigenvalue weighted by atomic mass is 9.84. The maximum atomic E-state index is 12.9. The summed E-state index contributed by atoms with van der Waals surface area (Å²) < 4.78 is 19.7. The maximum Gasteiger partial charge on any atom is 0.323 e. The van der Waals surface area contributed by atoms with E-state index in [0.29, 0.717) is 87.3 Å². The molecule has 0 aliphatic carbocycles. The molecule has 7 rings (SSSR count). The fourth-order valence-electron chi connectivity index (χ4n) is 8.12. The van der Waals surface area contributed by atoms with Gasteiger partial charge in [0.15, 0.2) is 0 Å². The Morgan fingerprint density at radius 2 is 0.611 bits per heavy atom. The van der Waals surface area contributed by atoms with Crippen molar-refractivity contribution in [2.45, 2.75) is 59.9 Å². The molecule has 0 saturated heterocycles. The molecule has 0 saturated carbocycles. The minimum Gasteiger partial charge on any atom is -0.489 e. The third kappa shape index (κ3) is 13.5. The molecule has 0 spiro atoms. The van der Waals surface area contributed by atoms with Crippen LogP contribution in [0.2, 0.25) is 0 Å². The van der Waals surface area contributed by atoms with Crippen molar-refractivity contribution in [1.82, 2.24) is 0 Å². The minimum absolute atomic E-state index is 0.193. The Bertz CT molecular complexity index is 2830. The molecule has 0 radical (unpaired) electrons. The third-order valence-corrected chi connectivity index (χ3v) is 11.5. The van der Waals surface area contributed by atoms with E-state index < -0.39 is 18.1 Å². The van der Waals surface area contributed by atoms with E-state index in [1.807, 2.05) is 18.2 Å². The third-order valence-electron chi connectivity index (χ3n) is 11.5. The van der Waals surface area contributed by atoms with Crippen molar-refractivity contribution in [3.8, 4) is 35.5 Å². The van der Waals surface area contributed by atoms with Gasteiger partial charge >= 0.3 is 18.1 Å². The Morgan fingerprint density at radius 3 is 0.847 bits per heavy atom. The molecule has 7 aromatic rings. The zero-order chi connectivity index (χ0) is 50.8. The van der Waals surface area contributed by atoms with Gasteiger partial charge in [0.1, 0.15) is 37.1 Å². The maximum absolute atomic E-state index is 12.9. The van der Waals surface area contributed by atoms with E-state index in [1.54, 1.807) is 127 Å². The Morgan fingerprint density at radius 1 is 0.361 bits per heavy atom. The first-order valence-corrected chi connectivity index (χ1v) is 23.2. The number of hydrogen-bond acceptors (Lipinski definition) is 9. The summed E-state index contributed by atoms with van der Waals surface area (Å²) in [6.07, 6.45) is 1.97. The lowest BCUT2D eigenvalue weighted by molar-refractivity contribution is 0.261. The van der Waals surface area contributed by atoms with Crippen LogP contribution in [0, 0.1) is 34.0 Å². The number of carbonyl (C=O) groups excluding carboxylic acids is 3. The summed E-state index contributed by atoms with van der Waals surface area (Å²) >= 11 is 0. The Balaban J connectivity index is 1.14. The van der Waals surface area contributed by atoms with Crippen LogP contribution in [0.15, 0.2) is 146 Å². The van der Waals surface area contributed by atoms with Crippen LogP contribution in [0.3, 0.4) is 0 Å². The molecule has 0 bridgehead atoms. The number of nitriles is 3. The summed E-state index contributed by atoms with van der Waals surface area (Å²) in [5, 5.41) is 44.3. The lowest BCUT2D eigenvalue weighted by Gasteiger charge is -2.26. The summed E-state index contributed by atoms with van der Waals surface area (Å²) in [6.45, 7) is 6.88. The number of amides is 6. The first kappa shape index (κ1) is 50.1. The quantitative estimate of drug-likeness (QED) is 0.0481. The number of hydrogen-bond donors (Lipinski definition) is 6. The second-order valence-electron chi connectivity index (χ2n) is 16.2. The normalized spacial score (nSPS) is 10.3. The molecule has 0 heterocycles. The molecule has 0 unspecified atom stereocenters. The number of urea groups is 3. The van der Waals surface area contributed by atoms with Crippen molar-refractivity contribution in [3.05, 3.63) is 196 Å². The smallest absolute Gasteiger partial charge is 0.323 e. The van der Waals surface area contributed by atoms with Gasteiger partial charge in [-0.3, -0.25) is 0 Å². The standard InChI is InChI=1S/C57H51N9O6/c1-4-49-52(34-70-46-13-7-10-43(28-46)64-55(67)61-40-22-16-37(31-58)17-23-40)50(5-2)54(36-72-48-15-9-12-45(30-48)66-57(69)63-42-26-20-39(33-60)21-27-42)51(6-3)53(49)35-71-47-14-8-11-44(29-47)65-56(68)62-41-24-18-38(32-59)19-25-41/h7-30H,4-6,34-36H2,1-3H3,(H2,61,64,67)(H2,62,65,68)(H2,63,66,69). The van der Waals surface area contributed by atoms with Gasteiger partial charge < -0.3 is 46.1 Å². The zero-order valence-corrected chi connectivity index (χ0v) is 39.9. The van der Waals surface area contributed by atoms with Crippen molar-refractivity contribution in [2.75, 3.05) is 31.9 Å². The molecule has 0 aliphatic rings. The first-order valence-electron chi connectivity index (χ1n) is 23.2. The Labute approximate surface area is 418 Å². The molecule has 6 amide bonds. The number of ether oxygens (including phenoxy) is 3. The molecule has 7 aromatic carbocycles. The number of carbonyl (C=O) groups is 3. The van der Waals surface area contributed by atoms with Crippen LogP contribution in [0.4, 0.5) is 48.5 Å². The Hall–Kier alpha value is -9.78. The number of benzene rings is 7. The highest BCUT2D eigenvalue weighted by Crippen LogP contribution is 2.34. The van der Waals surface area contributed by atoms with Gasteiger partial charge in [-0.05, 0) is 162 Å². The fourth-order valence-corrected chi connectivity index (χ4v) is 8.12. The van der Waals surface area contributed by atoms with Crippen molar-refractivity contribution in [3.63, 3.8) is 0 Å². The number of anilines is 6. The molecule has 360 valence electrons. The number of nitrogens with one attached hydrogen (secondary N) is 6. The van der Waals surface area contributed by atoms with Gasteiger partial charge in [-0.25, -0.2) is 14.4 Å². The first-order chi connectivity index (χ1) is 35.1. The summed E-state index contributed by atoms with van der Waals surface area (Å²) in [7, 11) is 0. The number of rotatable bonds is 18. The van der Waals surface area contributed by atoms with Crippen LogP contribution >= 0.6 is 0 Å². The van der Waals surface area contributed by atoms with Crippen LogP contribution in [-0.4, -0.2) is 18.1 Å². The van der Waals surface area contributed by atoms with Gasteiger partial charge in [0.05, 0.1) is 34.9 Å². The van der Waals surface area contributed by atoms with Crippen molar-refractivity contribution >= 4 is 52.2 Å². The molecule has 6 N–H and O–H groups in total. The minimum atomic E-state index is -0.455. The van der Waals surface area contributed by atoms with Crippen LogP contribution in [-0.2, 0) is 39.1 Å². The van der Waals surface area contributed by atoms with E-state index >= 15 is 0 Å². The molecule has 0 fully saturated rings. The van der Waals surface area contributed by atoms with Crippen molar-refractivity contribution < 1.29 is 28.6 Å². The van der Waals surface area contributed by atoms with Crippen molar-refractivity contribution in [1.29, 1.82) is 15.8 Å². The van der Waals surface area contributed by atoms with Crippen LogP contribution in [0.5, 0.6) is 17.2 Å². The van der Waals surface area contributed by atoms with Crippen LogP contribution in [0.1, 0.15) is 70.8 Å². The largest absolute Gasteiger partial charge is 0.489 e. The summed E-state index contributed by atoms with van der Waals surface area (Å²) in [6, 6.07) is 45.9. The lowest BCUT2D eigenvalue weighted by Crippen LogP contribution is -2.19. The molecule has 72 heavy (non-hydrogen) atoms. The highest BCUT2D eigenvalue weighted by molar-refractivity contribution is 6.01. The second kappa shape index (κ2) is 24.5. The summed E-state index contributed by atoms with van der Waals surface area (Å²) in [4.78, 5) is 38.8. The summed E-state index contributed by atoms with van der Waals surface area (Å²) in [5.74, 6) is 1.60. The second-order valence-corrected chi connectivity index (χ2v) is 16.2. The van der Waals surface area contributed by atoms with E-state index in [1.165, 1.54) is 0 Å². The average molecular weight is 958 g/mol. The highest BCUT2D eigenvalue weighted by Gasteiger charge is 2.23. The van der Waals surface area contributed by atoms with Gasteiger partial charge in [0, 0.05) is 52.3 Å². The monoisotopic (exact) mass is 957 g/mol. The summed E-state index contributed by atoms with van der Waals surface area (Å²) in [5.41, 5.74) is 10.8. The van der Waals surface area contributed by atoms with Crippen LogP contribution < -0.4 is 46.1 Å². The topological polar surface area (TPSA) is 222 Å². The van der Waals surface area contributed by atoms with E-state index in [-0.39, 0.29) is 19.8 Å². The predicted molar refractivity (Wildman–Crippen MR) is 278 cm³/mol. The Kier molecular flexibility index (Phi) is 17.0. The SMILES string of the molecule is CCc1c(COc2cccc(NC(=O)Nc3ccc(C#N)cc3)c2)c(CC)c(COc2cccc(NC(=O)Nc3ccc(C#N)cc3)c2)c(CC)c1COc1cccc(NC(=O)Nc2ccc(C#N)cc2)c1. The van der Waals surface area contributed by atoms with E-state index in [4.69, 9.17) is 30.0 Å². The van der Waals surface area contributed by atoms with Crippen LogP contribution in [0.25, 0.3) is 0 Å². The van der Waals surface area contributed by atoms with Gasteiger partial charge in [-0.1, -0.05) is 39.0 Å². The van der Waals surface area contributed by atoms with Crippen molar-refractivity contribution in [2.24, 2.45) is 0 Å². The molecule has 0 aromatic heterocycles. The van der Waals surface area contributed by atoms with Gasteiger partial charge in [-0.2, -0.15) is 15.8 Å².